The minimum atomic E-state index is -1.13. The maximum absolute atomic E-state index is 11.0. The van der Waals surface area contributed by atoms with Crippen molar-refractivity contribution in [1.82, 2.24) is 4.98 Å². The van der Waals surface area contributed by atoms with Gasteiger partial charge in [0.1, 0.15) is 5.60 Å². The van der Waals surface area contributed by atoms with Crippen molar-refractivity contribution in [3.05, 3.63) is 63.9 Å². The van der Waals surface area contributed by atoms with Crippen molar-refractivity contribution in [2.45, 2.75) is 25.4 Å². The molecule has 1 aromatic carbocycles. The van der Waals surface area contributed by atoms with Gasteiger partial charge in [-0.2, -0.15) is 0 Å². The highest BCUT2D eigenvalue weighted by atomic mass is 35.5. The van der Waals surface area contributed by atoms with E-state index in [9.17, 15) is 5.11 Å². The van der Waals surface area contributed by atoms with E-state index in [1.807, 2.05) is 25.1 Å². The predicted octanol–water partition coefficient (Wildman–Crippen LogP) is 4.42. The zero-order valence-corrected chi connectivity index (χ0v) is 12.1. The summed E-state index contributed by atoms with van der Waals surface area (Å²) in [6.45, 7) is 2.02. The van der Waals surface area contributed by atoms with E-state index in [0.29, 0.717) is 27.7 Å². The van der Waals surface area contributed by atoms with Gasteiger partial charge in [0, 0.05) is 6.20 Å². The number of benzene rings is 1. The highest BCUT2D eigenvalue weighted by molar-refractivity contribution is 6.42. The fourth-order valence-corrected chi connectivity index (χ4v) is 2.44. The summed E-state index contributed by atoms with van der Waals surface area (Å²) in [5.74, 6) is 0. The first kappa shape index (κ1) is 14.3. The summed E-state index contributed by atoms with van der Waals surface area (Å²) in [4.78, 5) is 4.27. The van der Waals surface area contributed by atoms with E-state index in [1.54, 1.807) is 24.4 Å². The van der Waals surface area contributed by atoms with Crippen molar-refractivity contribution in [3.8, 4) is 0 Å². The predicted molar refractivity (Wildman–Crippen MR) is 78.6 cm³/mol. The summed E-state index contributed by atoms with van der Waals surface area (Å²) in [5, 5.41) is 11.9. The Morgan fingerprint density at radius 1 is 1.16 bits per heavy atom. The van der Waals surface area contributed by atoms with Gasteiger partial charge in [0.15, 0.2) is 0 Å². The Balaban J connectivity index is 2.52. The van der Waals surface area contributed by atoms with E-state index in [4.69, 9.17) is 23.2 Å². The van der Waals surface area contributed by atoms with Crippen LogP contribution in [0.2, 0.25) is 10.0 Å². The Hall–Kier alpha value is -1.09. The molecule has 1 heterocycles. The molecule has 2 rings (SSSR count). The molecule has 2 nitrogen and oxygen atoms in total. The number of nitrogens with zero attached hydrogens (tertiary/aromatic N) is 1. The topological polar surface area (TPSA) is 33.1 Å². The van der Waals surface area contributed by atoms with E-state index in [0.717, 1.165) is 6.42 Å². The molecule has 0 amide bonds. The van der Waals surface area contributed by atoms with Crippen LogP contribution in [0.5, 0.6) is 0 Å². The summed E-state index contributed by atoms with van der Waals surface area (Å²) in [6.07, 6.45) is 3.07. The number of aromatic nitrogens is 1. The maximum Gasteiger partial charge on any atom is 0.131 e. The lowest BCUT2D eigenvalue weighted by Gasteiger charge is -2.28. The van der Waals surface area contributed by atoms with Crippen molar-refractivity contribution < 1.29 is 5.11 Å². The van der Waals surface area contributed by atoms with Crippen molar-refractivity contribution >= 4 is 23.2 Å². The first-order valence-electron chi connectivity index (χ1n) is 6.17. The summed E-state index contributed by atoms with van der Waals surface area (Å²) in [7, 11) is 0. The molecule has 0 aliphatic heterocycles. The molecule has 0 saturated heterocycles. The second-order valence-corrected chi connectivity index (χ2v) is 5.27. The van der Waals surface area contributed by atoms with Crippen LogP contribution in [-0.2, 0) is 5.60 Å². The highest BCUT2D eigenvalue weighted by Crippen LogP contribution is 2.35. The summed E-state index contributed by atoms with van der Waals surface area (Å²) >= 11 is 12.0. The molecule has 0 saturated carbocycles. The van der Waals surface area contributed by atoms with E-state index < -0.39 is 5.60 Å². The highest BCUT2D eigenvalue weighted by Gasteiger charge is 2.32. The second kappa shape index (κ2) is 5.91. The zero-order valence-electron chi connectivity index (χ0n) is 10.6. The molecule has 4 heteroatoms. The van der Waals surface area contributed by atoms with E-state index in [-0.39, 0.29) is 0 Å². The van der Waals surface area contributed by atoms with Gasteiger partial charge in [0.25, 0.3) is 0 Å². The van der Waals surface area contributed by atoms with E-state index in [1.165, 1.54) is 0 Å². The zero-order chi connectivity index (χ0) is 13.9. The smallest absolute Gasteiger partial charge is 0.131 e. The molecular formula is C15H15Cl2NO. The summed E-state index contributed by atoms with van der Waals surface area (Å²) in [6, 6.07) is 10.7. The van der Waals surface area contributed by atoms with Gasteiger partial charge in [-0.25, -0.2) is 0 Å². The van der Waals surface area contributed by atoms with Crippen LogP contribution < -0.4 is 0 Å². The van der Waals surface area contributed by atoms with Gasteiger partial charge in [-0.05, 0) is 36.2 Å². The molecule has 1 atom stereocenters. The minimum absolute atomic E-state index is 0.435. The van der Waals surface area contributed by atoms with Crippen molar-refractivity contribution in [2.75, 3.05) is 0 Å². The Labute approximate surface area is 123 Å². The summed E-state index contributed by atoms with van der Waals surface area (Å²) in [5.41, 5.74) is 0.197. The Kier molecular flexibility index (Phi) is 4.46. The average molecular weight is 296 g/mol. The fourth-order valence-electron chi connectivity index (χ4n) is 2.14. The third-order valence-electron chi connectivity index (χ3n) is 3.10. The lowest BCUT2D eigenvalue weighted by Crippen LogP contribution is -2.28. The monoisotopic (exact) mass is 295 g/mol. The van der Waals surface area contributed by atoms with Crippen molar-refractivity contribution in [1.29, 1.82) is 0 Å². The molecule has 2 aromatic rings. The molecule has 0 bridgehead atoms. The molecule has 0 fully saturated rings. The molecule has 0 spiro atoms. The maximum atomic E-state index is 11.0. The van der Waals surface area contributed by atoms with Gasteiger partial charge < -0.3 is 5.11 Å². The number of halogens is 2. The normalized spacial score (nSPS) is 14.1. The van der Waals surface area contributed by atoms with Gasteiger partial charge in [-0.3, -0.25) is 4.98 Å². The molecular weight excluding hydrogens is 281 g/mol. The molecule has 100 valence electrons. The largest absolute Gasteiger partial charge is 0.379 e. The first-order chi connectivity index (χ1) is 9.08. The quantitative estimate of drug-likeness (QED) is 0.905. The van der Waals surface area contributed by atoms with Crippen LogP contribution in [0.25, 0.3) is 0 Å². The van der Waals surface area contributed by atoms with Crippen LogP contribution in [0.3, 0.4) is 0 Å². The van der Waals surface area contributed by atoms with E-state index in [2.05, 4.69) is 4.98 Å². The van der Waals surface area contributed by atoms with Crippen molar-refractivity contribution in [3.63, 3.8) is 0 Å². The number of hydrogen-bond donors (Lipinski definition) is 1. The van der Waals surface area contributed by atoms with Gasteiger partial charge in [-0.15, -0.1) is 0 Å². The van der Waals surface area contributed by atoms with Gasteiger partial charge in [0.2, 0.25) is 0 Å². The SMILES string of the molecule is CCCC(O)(c1ccc(Cl)c(Cl)c1)c1ccccn1. The first-order valence-corrected chi connectivity index (χ1v) is 6.93. The second-order valence-electron chi connectivity index (χ2n) is 4.45. The number of hydrogen-bond acceptors (Lipinski definition) is 2. The van der Waals surface area contributed by atoms with Crippen molar-refractivity contribution in [2.24, 2.45) is 0 Å². The Bertz CT molecular complexity index is 559. The third-order valence-corrected chi connectivity index (χ3v) is 3.84. The van der Waals surface area contributed by atoms with Gasteiger partial charge in [0.05, 0.1) is 15.7 Å². The van der Waals surface area contributed by atoms with Crippen LogP contribution in [0.4, 0.5) is 0 Å². The molecule has 1 N–H and O–H groups in total. The Morgan fingerprint density at radius 3 is 2.53 bits per heavy atom. The molecule has 1 aromatic heterocycles. The molecule has 1 unspecified atom stereocenters. The molecule has 0 radical (unpaired) electrons. The van der Waals surface area contributed by atoms with Crippen LogP contribution in [-0.4, -0.2) is 10.1 Å². The minimum Gasteiger partial charge on any atom is -0.379 e. The van der Waals surface area contributed by atoms with Crippen LogP contribution in [0.1, 0.15) is 31.0 Å². The summed E-state index contributed by atoms with van der Waals surface area (Å²) < 4.78 is 0. The Morgan fingerprint density at radius 2 is 1.95 bits per heavy atom. The fraction of sp³-hybridized carbons (Fsp3) is 0.267. The molecule has 0 aliphatic rings. The number of aliphatic hydroxyl groups is 1. The standard InChI is InChI=1S/C15H15Cl2NO/c1-2-8-15(19,14-5-3-4-9-18-14)11-6-7-12(16)13(17)10-11/h3-7,9-10,19H,2,8H2,1H3. The number of pyridine rings is 1. The third kappa shape index (κ3) is 2.92. The molecule has 0 aliphatic carbocycles. The lowest BCUT2D eigenvalue weighted by molar-refractivity contribution is 0.0656. The van der Waals surface area contributed by atoms with Crippen LogP contribution >= 0.6 is 23.2 Å². The number of rotatable bonds is 4. The van der Waals surface area contributed by atoms with Crippen LogP contribution in [0.15, 0.2) is 42.6 Å². The van der Waals surface area contributed by atoms with E-state index >= 15 is 0 Å². The average Bonchev–Trinajstić information content (AvgIpc) is 2.43. The molecule has 19 heavy (non-hydrogen) atoms. The van der Waals surface area contributed by atoms with Crippen LogP contribution in [0, 0.1) is 0 Å². The van der Waals surface area contributed by atoms with Gasteiger partial charge in [-0.1, -0.05) is 48.7 Å². The van der Waals surface area contributed by atoms with Gasteiger partial charge >= 0.3 is 0 Å². The lowest BCUT2D eigenvalue weighted by atomic mass is 9.86.